The number of carbonyl (C=O) groups is 1. The Bertz CT molecular complexity index is 428. The van der Waals surface area contributed by atoms with E-state index in [1.807, 2.05) is 11.8 Å². The number of likely N-dealkylation sites (tertiary alicyclic amines) is 1. The molecule has 0 spiro atoms. The van der Waals surface area contributed by atoms with E-state index >= 15 is 0 Å². The highest BCUT2D eigenvalue weighted by molar-refractivity contribution is 5.67. The monoisotopic (exact) mass is 290 g/mol. The zero-order chi connectivity index (χ0) is 15.1. The molecule has 4 nitrogen and oxygen atoms in total. The first-order chi connectivity index (χ1) is 10.2. The van der Waals surface area contributed by atoms with E-state index < -0.39 is 0 Å². The number of piperidine rings is 1. The van der Waals surface area contributed by atoms with Crippen molar-refractivity contribution in [1.82, 2.24) is 9.80 Å². The van der Waals surface area contributed by atoms with Crippen LogP contribution in [0.2, 0.25) is 0 Å². The van der Waals surface area contributed by atoms with Crippen molar-refractivity contribution in [3.05, 3.63) is 35.9 Å². The van der Waals surface area contributed by atoms with Gasteiger partial charge in [0.15, 0.2) is 0 Å². The van der Waals surface area contributed by atoms with Crippen LogP contribution in [-0.4, -0.2) is 55.2 Å². The fourth-order valence-electron chi connectivity index (χ4n) is 2.84. The summed E-state index contributed by atoms with van der Waals surface area (Å²) in [6, 6.07) is 11.2. The van der Waals surface area contributed by atoms with Gasteiger partial charge in [0, 0.05) is 25.7 Å². The second-order valence-corrected chi connectivity index (χ2v) is 5.63. The molecule has 1 saturated heterocycles. The van der Waals surface area contributed by atoms with E-state index in [9.17, 15) is 4.79 Å². The van der Waals surface area contributed by atoms with Gasteiger partial charge in [-0.15, -0.1) is 0 Å². The predicted octanol–water partition coefficient (Wildman–Crippen LogP) is 2.78. The number of carbonyl (C=O) groups excluding carboxylic acids is 1. The maximum Gasteiger partial charge on any atom is 0.409 e. The smallest absolute Gasteiger partial charge is 0.409 e. The van der Waals surface area contributed by atoms with Crippen molar-refractivity contribution in [3.8, 4) is 0 Å². The van der Waals surface area contributed by atoms with Crippen LogP contribution in [0, 0.1) is 0 Å². The van der Waals surface area contributed by atoms with Crippen LogP contribution in [0.3, 0.4) is 0 Å². The molecule has 0 aromatic heterocycles. The molecule has 0 atom stereocenters. The number of hydrogen-bond acceptors (Lipinski definition) is 3. The van der Waals surface area contributed by atoms with E-state index in [2.05, 4.69) is 42.3 Å². The lowest BCUT2D eigenvalue weighted by molar-refractivity contribution is 0.0810. The van der Waals surface area contributed by atoms with E-state index in [1.54, 1.807) is 0 Å². The summed E-state index contributed by atoms with van der Waals surface area (Å²) in [5.74, 6) is 0. The van der Waals surface area contributed by atoms with Crippen LogP contribution >= 0.6 is 0 Å². The third-order valence-electron chi connectivity index (χ3n) is 4.21. The standard InChI is InChI=1S/C17H26N2O2/c1-3-21-17(20)19-13-10-16(11-14-19)18(2)12-9-15-7-5-4-6-8-15/h4-8,16H,3,9-14H2,1-2H3. The number of amides is 1. The maximum atomic E-state index is 11.7. The third-order valence-corrected chi connectivity index (χ3v) is 4.21. The third kappa shape index (κ3) is 4.74. The molecule has 1 heterocycles. The zero-order valence-electron chi connectivity index (χ0n) is 13.1. The van der Waals surface area contributed by atoms with Gasteiger partial charge in [-0.2, -0.15) is 0 Å². The van der Waals surface area contributed by atoms with Gasteiger partial charge in [-0.05, 0) is 38.8 Å². The maximum absolute atomic E-state index is 11.7. The van der Waals surface area contributed by atoms with E-state index in [0.717, 1.165) is 38.9 Å². The molecule has 1 fully saturated rings. The largest absolute Gasteiger partial charge is 0.450 e. The van der Waals surface area contributed by atoms with Crippen molar-refractivity contribution >= 4 is 6.09 Å². The molecule has 4 heteroatoms. The van der Waals surface area contributed by atoms with Gasteiger partial charge in [-0.3, -0.25) is 0 Å². The number of nitrogens with zero attached hydrogens (tertiary/aromatic N) is 2. The molecule has 0 unspecified atom stereocenters. The van der Waals surface area contributed by atoms with E-state index in [1.165, 1.54) is 5.56 Å². The second-order valence-electron chi connectivity index (χ2n) is 5.63. The molecule has 21 heavy (non-hydrogen) atoms. The number of hydrogen-bond donors (Lipinski definition) is 0. The Kier molecular flexibility index (Phi) is 6.05. The lowest BCUT2D eigenvalue weighted by Gasteiger charge is -2.36. The quantitative estimate of drug-likeness (QED) is 0.836. The summed E-state index contributed by atoms with van der Waals surface area (Å²) < 4.78 is 5.06. The highest BCUT2D eigenvalue weighted by atomic mass is 16.6. The van der Waals surface area contributed by atoms with Crippen molar-refractivity contribution in [2.24, 2.45) is 0 Å². The molecule has 1 aromatic rings. The van der Waals surface area contributed by atoms with Crippen molar-refractivity contribution in [1.29, 1.82) is 0 Å². The molecule has 0 bridgehead atoms. The van der Waals surface area contributed by atoms with Crippen molar-refractivity contribution < 1.29 is 9.53 Å². The molecule has 1 aliphatic rings. The van der Waals surface area contributed by atoms with Crippen LogP contribution in [0.5, 0.6) is 0 Å². The topological polar surface area (TPSA) is 32.8 Å². The normalized spacial score (nSPS) is 16.2. The minimum Gasteiger partial charge on any atom is -0.450 e. The van der Waals surface area contributed by atoms with Gasteiger partial charge in [-0.1, -0.05) is 30.3 Å². The number of ether oxygens (including phenoxy) is 1. The number of rotatable bonds is 5. The molecule has 0 saturated carbocycles. The summed E-state index contributed by atoms with van der Waals surface area (Å²) in [5, 5.41) is 0. The molecule has 0 radical (unpaired) electrons. The average Bonchev–Trinajstić information content (AvgIpc) is 2.54. The van der Waals surface area contributed by atoms with Crippen LogP contribution < -0.4 is 0 Å². The molecule has 116 valence electrons. The van der Waals surface area contributed by atoms with Gasteiger partial charge in [0.25, 0.3) is 0 Å². The van der Waals surface area contributed by atoms with Crippen LogP contribution in [0.1, 0.15) is 25.3 Å². The first-order valence-electron chi connectivity index (χ1n) is 7.86. The van der Waals surface area contributed by atoms with Gasteiger partial charge in [0.2, 0.25) is 0 Å². The van der Waals surface area contributed by atoms with E-state index in [4.69, 9.17) is 4.74 Å². The highest BCUT2D eigenvalue weighted by Gasteiger charge is 2.25. The van der Waals surface area contributed by atoms with Gasteiger partial charge in [-0.25, -0.2) is 4.79 Å². The highest BCUT2D eigenvalue weighted by Crippen LogP contribution is 2.16. The van der Waals surface area contributed by atoms with Gasteiger partial charge in [0.1, 0.15) is 0 Å². The summed E-state index contributed by atoms with van der Waals surface area (Å²) in [6.45, 7) is 4.98. The molecule has 0 aliphatic carbocycles. The zero-order valence-corrected chi connectivity index (χ0v) is 13.1. The Morgan fingerprint density at radius 1 is 1.29 bits per heavy atom. The first kappa shape index (κ1) is 15.8. The average molecular weight is 290 g/mol. The summed E-state index contributed by atoms with van der Waals surface area (Å²) >= 11 is 0. The van der Waals surface area contributed by atoms with Gasteiger partial charge >= 0.3 is 6.09 Å². The lowest BCUT2D eigenvalue weighted by Crippen LogP contribution is -2.46. The molecule has 0 N–H and O–H groups in total. The summed E-state index contributed by atoms with van der Waals surface area (Å²) in [4.78, 5) is 15.9. The van der Waals surface area contributed by atoms with E-state index in [-0.39, 0.29) is 6.09 Å². The fourth-order valence-corrected chi connectivity index (χ4v) is 2.84. The molecule has 1 aliphatic heterocycles. The van der Waals surface area contributed by atoms with Gasteiger partial charge in [0.05, 0.1) is 6.61 Å². The molecular formula is C17H26N2O2. The Morgan fingerprint density at radius 3 is 2.57 bits per heavy atom. The summed E-state index contributed by atoms with van der Waals surface area (Å²) in [6.07, 6.45) is 2.98. The lowest BCUT2D eigenvalue weighted by atomic mass is 10.0. The fraction of sp³-hybridized carbons (Fsp3) is 0.588. The first-order valence-corrected chi connectivity index (χ1v) is 7.86. The summed E-state index contributed by atoms with van der Waals surface area (Å²) in [5.41, 5.74) is 1.38. The number of likely N-dealkylation sites (N-methyl/N-ethyl adjacent to an activating group) is 1. The Morgan fingerprint density at radius 2 is 1.95 bits per heavy atom. The molecular weight excluding hydrogens is 264 g/mol. The van der Waals surface area contributed by atoms with Crippen LogP contribution in [-0.2, 0) is 11.2 Å². The minimum absolute atomic E-state index is 0.164. The molecule has 1 amide bonds. The second kappa shape index (κ2) is 8.03. The van der Waals surface area contributed by atoms with Crippen molar-refractivity contribution in [2.75, 3.05) is 33.3 Å². The predicted molar refractivity (Wildman–Crippen MR) is 84.4 cm³/mol. The van der Waals surface area contributed by atoms with Crippen molar-refractivity contribution in [3.63, 3.8) is 0 Å². The van der Waals surface area contributed by atoms with Crippen LogP contribution in [0.4, 0.5) is 4.79 Å². The van der Waals surface area contributed by atoms with Crippen LogP contribution in [0.25, 0.3) is 0 Å². The van der Waals surface area contributed by atoms with Crippen LogP contribution in [0.15, 0.2) is 30.3 Å². The SMILES string of the molecule is CCOC(=O)N1CCC(N(C)CCc2ccccc2)CC1. The summed E-state index contributed by atoms with van der Waals surface area (Å²) in [7, 11) is 2.19. The molecule has 2 rings (SSSR count). The van der Waals surface area contributed by atoms with E-state index in [0.29, 0.717) is 12.6 Å². The Labute approximate surface area is 127 Å². The Hall–Kier alpha value is -1.55. The molecule has 1 aromatic carbocycles. The van der Waals surface area contributed by atoms with Gasteiger partial charge < -0.3 is 14.5 Å². The Balaban J connectivity index is 1.73. The number of benzene rings is 1. The minimum atomic E-state index is -0.164. The van der Waals surface area contributed by atoms with Crippen molar-refractivity contribution in [2.45, 2.75) is 32.2 Å².